The Balaban J connectivity index is 1.94. The first-order valence-electron chi connectivity index (χ1n) is 8.14. The van der Waals surface area contributed by atoms with Crippen LogP contribution in [-0.4, -0.2) is 25.7 Å². The molecule has 0 amide bonds. The summed E-state index contributed by atoms with van der Waals surface area (Å²) in [5.41, 5.74) is 2.50. The van der Waals surface area contributed by atoms with Crippen molar-refractivity contribution in [2.45, 2.75) is 26.5 Å². The molecule has 8 heteroatoms. The maximum absolute atomic E-state index is 11.3. The van der Waals surface area contributed by atoms with E-state index in [-0.39, 0.29) is 23.7 Å². The predicted molar refractivity (Wildman–Crippen MR) is 96.0 cm³/mol. The molecule has 0 atom stereocenters. The van der Waals surface area contributed by atoms with Crippen LogP contribution in [0.1, 0.15) is 35.8 Å². The van der Waals surface area contributed by atoms with Gasteiger partial charge in [-0.25, -0.2) is 0 Å². The number of pyridine rings is 2. The quantitative estimate of drug-likeness (QED) is 0.520. The van der Waals surface area contributed by atoms with Crippen LogP contribution in [0.15, 0.2) is 42.9 Å². The normalized spacial score (nSPS) is 10.9. The number of aromatic nitrogens is 4. The highest BCUT2D eigenvalue weighted by molar-refractivity contribution is 5.78. The Hall–Kier alpha value is -3.42. The molecule has 0 radical (unpaired) electrons. The van der Waals surface area contributed by atoms with E-state index in [9.17, 15) is 4.79 Å². The minimum absolute atomic E-state index is 0.104. The predicted octanol–water partition coefficient (Wildman–Crippen LogP) is 1.91. The van der Waals surface area contributed by atoms with Crippen LogP contribution in [0.3, 0.4) is 0 Å². The summed E-state index contributed by atoms with van der Waals surface area (Å²) >= 11 is 0. The number of hydrogen-bond acceptors (Lipinski definition) is 6. The van der Waals surface area contributed by atoms with Crippen molar-refractivity contribution in [3.8, 4) is 17.1 Å². The first-order chi connectivity index (χ1) is 12.5. The van der Waals surface area contributed by atoms with E-state index in [2.05, 4.69) is 10.1 Å². The Labute approximate surface area is 150 Å². The summed E-state index contributed by atoms with van der Waals surface area (Å²) in [6, 6.07) is 7.40. The molecule has 0 aliphatic rings. The Morgan fingerprint density at radius 3 is 2.85 bits per heavy atom. The van der Waals surface area contributed by atoms with Gasteiger partial charge in [0.05, 0.1) is 11.4 Å². The number of aldehydes is 1. The third-order valence-electron chi connectivity index (χ3n) is 3.96. The molecule has 0 aromatic carbocycles. The zero-order valence-electron chi connectivity index (χ0n) is 14.6. The van der Waals surface area contributed by atoms with E-state index < -0.39 is 0 Å². The molecule has 0 aliphatic heterocycles. The zero-order valence-corrected chi connectivity index (χ0v) is 14.6. The molecular formula is C18H20N6O2. The molecular weight excluding hydrogens is 332 g/mol. The molecule has 3 N–H and O–H groups in total. The minimum Gasteiger partial charge on any atom is -0.488 e. The molecule has 0 bridgehead atoms. The fourth-order valence-corrected chi connectivity index (χ4v) is 2.66. The smallest absolute Gasteiger partial charge is 0.157 e. The second-order valence-corrected chi connectivity index (χ2v) is 6.02. The van der Waals surface area contributed by atoms with Gasteiger partial charge in [0.2, 0.25) is 0 Å². The van der Waals surface area contributed by atoms with Gasteiger partial charge in [0.15, 0.2) is 11.8 Å². The molecule has 134 valence electrons. The lowest BCUT2D eigenvalue weighted by atomic mass is 10.1. The van der Waals surface area contributed by atoms with Gasteiger partial charge in [0.25, 0.3) is 0 Å². The highest BCUT2D eigenvalue weighted by Crippen LogP contribution is 2.25. The summed E-state index contributed by atoms with van der Waals surface area (Å²) in [4.78, 5) is 15.8. The molecule has 0 spiro atoms. The average molecular weight is 352 g/mol. The largest absolute Gasteiger partial charge is 0.488 e. The van der Waals surface area contributed by atoms with E-state index in [1.807, 2.05) is 36.7 Å². The van der Waals surface area contributed by atoms with E-state index >= 15 is 0 Å². The van der Waals surface area contributed by atoms with Gasteiger partial charge in [-0.15, -0.1) is 0 Å². The van der Waals surface area contributed by atoms with Crippen LogP contribution >= 0.6 is 0 Å². The molecule has 3 rings (SSSR count). The van der Waals surface area contributed by atoms with Gasteiger partial charge in [0, 0.05) is 30.2 Å². The Morgan fingerprint density at radius 1 is 1.31 bits per heavy atom. The van der Waals surface area contributed by atoms with Gasteiger partial charge < -0.3 is 10.6 Å². The van der Waals surface area contributed by atoms with Crippen molar-refractivity contribution < 1.29 is 9.53 Å². The lowest BCUT2D eigenvalue weighted by molar-refractivity contribution is 0.111. The standard InChI is InChI=1S/C18H20N6O2/c1-12(2)24-15(5-8-22-24)17-13(4-3-7-21-17)11-26-16-6-9-23(20)18(19)14(16)10-25/h3-10,12,19H,11,20H2,1-2H3. The van der Waals surface area contributed by atoms with E-state index in [1.54, 1.807) is 18.5 Å². The maximum Gasteiger partial charge on any atom is 0.157 e. The number of rotatable bonds is 6. The molecule has 3 heterocycles. The van der Waals surface area contributed by atoms with Crippen molar-refractivity contribution in [3.63, 3.8) is 0 Å². The fourth-order valence-electron chi connectivity index (χ4n) is 2.66. The van der Waals surface area contributed by atoms with E-state index in [4.69, 9.17) is 16.0 Å². The zero-order chi connectivity index (χ0) is 18.7. The third kappa shape index (κ3) is 3.21. The third-order valence-corrected chi connectivity index (χ3v) is 3.96. The van der Waals surface area contributed by atoms with Crippen molar-refractivity contribution in [1.82, 2.24) is 19.4 Å². The van der Waals surface area contributed by atoms with E-state index in [0.717, 1.165) is 21.6 Å². The summed E-state index contributed by atoms with van der Waals surface area (Å²) < 4.78 is 8.76. The van der Waals surface area contributed by atoms with Gasteiger partial charge in [-0.1, -0.05) is 6.07 Å². The average Bonchev–Trinajstić information content (AvgIpc) is 3.13. The van der Waals surface area contributed by atoms with Gasteiger partial charge in [-0.05, 0) is 32.0 Å². The monoisotopic (exact) mass is 352 g/mol. The van der Waals surface area contributed by atoms with Crippen LogP contribution in [0.2, 0.25) is 0 Å². The number of carbonyl (C=O) groups excluding carboxylic acids is 1. The maximum atomic E-state index is 11.3. The number of nitrogen functional groups attached to an aromatic ring is 1. The van der Waals surface area contributed by atoms with Crippen LogP contribution in [0, 0.1) is 5.41 Å². The number of nitrogens with one attached hydrogen (secondary N) is 1. The first kappa shape index (κ1) is 17.4. The Morgan fingerprint density at radius 2 is 2.12 bits per heavy atom. The van der Waals surface area contributed by atoms with Crippen molar-refractivity contribution >= 4 is 6.29 Å². The molecule has 8 nitrogen and oxygen atoms in total. The number of hydrogen-bond donors (Lipinski definition) is 2. The van der Waals surface area contributed by atoms with E-state index in [0.29, 0.717) is 12.0 Å². The number of ether oxygens (including phenoxy) is 1. The van der Waals surface area contributed by atoms with Crippen LogP contribution in [0.25, 0.3) is 11.4 Å². The molecule has 3 aromatic rings. The van der Waals surface area contributed by atoms with Gasteiger partial charge in [0.1, 0.15) is 17.9 Å². The fraction of sp³-hybridized carbons (Fsp3) is 0.222. The van der Waals surface area contributed by atoms with Crippen LogP contribution in [-0.2, 0) is 6.61 Å². The molecule has 0 fully saturated rings. The van der Waals surface area contributed by atoms with Gasteiger partial charge >= 0.3 is 0 Å². The van der Waals surface area contributed by atoms with Crippen molar-refractivity contribution in [3.05, 3.63) is 59.5 Å². The second kappa shape index (κ2) is 7.22. The SMILES string of the molecule is CC(C)n1nccc1-c1ncccc1COc1ccn(N)c(=N)c1C=O. The first-order valence-corrected chi connectivity index (χ1v) is 8.14. The van der Waals surface area contributed by atoms with Gasteiger partial charge in [-0.2, -0.15) is 5.10 Å². The summed E-state index contributed by atoms with van der Waals surface area (Å²) in [5, 5.41) is 12.2. The van der Waals surface area contributed by atoms with Gasteiger partial charge in [-0.3, -0.25) is 24.5 Å². The highest BCUT2D eigenvalue weighted by Gasteiger charge is 2.15. The summed E-state index contributed by atoms with van der Waals surface area (Å²) in [6.45, 7) is 4.29. The Bertz CT molecular complexity index is 989. The topological polar surface area (TPSA) is 112 Å². The molecule has 0 unspecified atom stereocenters. The summed E-state index contributed by atoms with van der Waals surface area (Å²) in [5.74, 6) is 5.91. The summed E-state index contributed by atoms with van der Waals surface area (Å²) in [7, 11) is 0. The van der Waals surface area contributed by atoms with Crippen molar-refractivity contribution in [2.75, 3.05) is 5.84 Å². The van der Waals surface area contributed by atoms with Crippen LogP contribution in [0.4, 0.5) is 0 Å². The van der Waals surface area contributed by atoms with E-state index in [1.165, 1.54) is 6.20 Å². The van der Waals surface area contributed by atoms with Crippen molar-refractivity contribution in [2.24, 2.45) is 0 Å². The summed E-state index contributed by atoms with van der Waals surface area (Å²) in [6.07, 6.45) is 5.50. The molecule has 0 saturated carbocycles. The number of nitrogens with two attached hydrogens (primary N) is 1. The molecule has 0 aliphatic carbocycles. The van der Waals surface area contributed by atoms with Crippen LogP contribution < -0.4 is 16.1 Å². The molecule has 3 aromatic heterocycles. The minimum atomic E-state index is -0.109. The van der Waals surface area contributed by atoms with Crippen LogP contribution in [0.5, 0.6) is 5.75 Å². The van der Waals surface area contributed by atoms with Crippen molar-refractivity contribution in [1.29, 1.82) is 5.41 Å². The molecule has 0 saturated heterocycles. The lowest BCUT2D eigenvalue weighted by Crippen LogP contribution is -2.29. The number of nitrogens with zero attached hydrogens (tertiary/aromatic N) is 4. The lowest BCUT2D eigenvalue weighted by Gasteiger charge is -2.15. The molecule has 26 heavy (non-hydrogen) atoms. The number of carbonyl (C=O) groups is 1. The Kier molecular flexibility index (Phi) is 4.83. The highest BCUT2D eigenvalue weighted by atomic mass is 16.5. The second-order valence-electron chi connectivity index (χ2n) is 6.02.